The van der Waals surface area contributed by atoms with Gasteiger partial charge in [0.05, 0.1) is 12.9 Å². The molecule has 10 nitrogen and oxygen atoms in total. The molecule has 0 radical (unpaired) electrons. The quantitative estimate of drug-likeness (QED) is 0.377. The second kappa shape index (κ2) is 7.41. The minimum absolute atomic E-state index is 0.180. The van der Waals surface area contributed by atoms with E-state index in [9.17, 15) is 20.4 Å². The normalized spacial score (nSPS) is 27.9. The molecule has 1 aliphatic heterocycles. The van der Waals surface area contributed by atoms with E-state index in [-0.39, 0.29) is 5.82 Å². The van der Waals surface area contributed by atoms with E-state index in [0.29, 0.717) is 23.4 Å². The number of benzene rings is 1. The van der Waals surface area contributed by atoms with Crippen LogP contribution in [0.25, 0.3) is 11.2 Å². The first kappa shape index (κ1) is 18.7. The van der Waals surface area contributed by atoms with E-state index in [0.717, 1.165) is 5.56 Å². The highest BCUT2D eigenvalue weighted by molar-refractivity contribution is 5.81. The summed E-state index contributed by atoms with van der Waals surface area (Å²) in [5, 5.41) is 39.8. The van der Waals surface area contributed by atoms with Crippen LogP contribution < -0.4 is 5.73 Å². The zero-order valence-corrected chi connectivity index (χ0v) is 14.8. The second-order valence-corrected chi connectivity index (χ2v) is 6.73. The minimum Gasteiger partial charge on any atom is -0.394 e. The van der Waals surface area contributed by atoms with Crippen LogP contribution in [0.2, 0.25) is 0 Å². The zero-order valence-electron chi connectivity index (χ0n) is 14.8. The molecule has 1 fully saturated rings. The van der Waals surface area contributed by atoms with Crippen molar-refractivity contribution < 1.29 is 25.2 Å². The Hall–Kier alpha value is -2.63. The molecule has 2 aromatic heterocycles. The fourth-order valence-corrected chi connectivity index (χ4v) is 3.34. The van der Waals surface area contributed by atoms with Crippen molar-refractivity contribution in [2.75, 3.05) is 12.3 Å². The van der Waals surface area contributed by atoms with Crippen LogP contribution in [0.5, 0.6) is 0 Å². The number of aliphatic hydroxyl groups is 4. The lowest BCUT2D eigenvalue weighted by Gasteiger charge is -2.40. The molecular formula is C18H21N5O5. The number of hydrogen-bond donors (Lipinski definition) is 5. The summed E-state index contributed by atoms with van der Waals surface area (Å²) in [5.74, 6) is 0.641. The average Bonchev–Trinajstić information content (AvgIpc) is 3.12. The summed E-state index contributed by atoms with van der Waals surface area (Å²) < 4.78 is 7.01. The van der Waals surface area contributed by atoms with E-state index in [1.54, 1.807) is 0 Å². The Morgan fingerprint density at radius 2 is 1.79 bits per heavy atom. The van der Waals surface area contributed by atoms with E-state index in [2.05, 4.69) is 15.0 Å². The van der Waals surface area contributed by atoms with Crippen molar-refractivity contribution >= 4 is 17.0 Å². The number of imidazole rings is 1. The lowest BCUT2D eigenvalue weighted by atomic mass is 9.98. The van der Waals surface area contributed by atoms with E-state index in [1.165, 1.54) is 10.9 Å². The number of nitrogens with two attached hydrogens (primary N) is 1. The van der Waals surface area contributed by atoms with Gasteiger partial charge >= 0.3 is 0 Å². The van der Waals surface area contributed by atoms with Gasteiger partial charge in [0, 0.05) is 6.42 Å². The third kappa shape index (κ3) is 3.21. The Bertz CT molecular complexity index is 964. The lowest BCUT2D eigenvalue weighted by Crippen LogP contribution is -2.56. The van der Waals surface area contributed by atoms with Crippen LogP contribution in [0.15, 0.2) is 36.7 Å². The van der Waals surface area contributed by atoms with Crippen LogP contribution in [0.3, 0.4) is 0 Å². The van der Waals surface area contributed by atoms with E-state index in [4.69, 9.17) is 10.5 Å². The van der Waals surface area contributed by atoms with Gasteiger partial charge in [-0.05, 0) is 5.56 Å². The molecule has 0 spiro atoms. The molecule has 4 rings (SSSR count). The molecular weight excluding hydrogens is 366 g/mol. The van der Waals surface area contributed by atoms with Gasteiger partial charge in [-0.1, -0.05) is 30.3 Å². The Labute approximate surface area is 159 Å². The predicted molar refractivity (Wildman–Crippen MR) is 98.0 cm³/mol. The minimum atomic E-state index is -1.50. The summed E-state index contributed by atoms with van der Waals surface area (Å²) in [7, 11) is 0. The first-order valence-corrected chi connectivity index (χ1v) is 8.83. The number of aromatic nitrogens is 4. The van der Waals surface area contributed by atoms with Crippen molar-refractivity contribution in [1.29, 1.82) is 0 Å². The third-order valence-electron chi connectivity index (χ3n) is 4.84. The monoisotopic (exact) mass is 387 g/mol. The highest BCUT2D eigenvalue weighted by atomic mass is 16.6. The highest BCUT2D eigenvalue weighted by Crippen LogP contribution is 2.31. The molecule has 1 unspecified atom stereocenters. The molecule has 28 heavy (non-hydrogen) atoms. The van der Waals surface area contributed by atoms with Crippen LogP contribution in [-0.4, -0.2) is 71.0 Å². The number of aliphatic hydroxyl groups excluding tert-OH is 4. The zero-order chi connectivity index (χ0) is 19.8. The van der Waals surface area contributed by atoms with Gasteiger partial charge in [0.1, 0.15) is 35.8 Å². The molecule has 0 saturated carbocycles. The van der Waals surface area contributed by atoms with Crippen LogP contribution in [0, 0.1) is 0 Å². The number of nitrogens with zero attached hydrogens (tertiary/aromatic N) is 4. The van der Waals surface area contributed by atoms with Crippen LogP contribution in [0.1, 0.15) is 17.6 Å². The topological polar surface area (TPSA) is 160 Å². The molecule has 1 saturated heterocycles. The predicted octanol–water partition coefficient (Wildman–Crippen LogP) is -1.03. The number of nitrogen functional groups attached to an aromatic ring is 1. The maximum absolute atomic E-state index is 10.4. The number of fused-ring (bicyclic) bond motifs is 1. The van der Waals surface area contributed by atoms with Gasteiger partial charge in [0.15, 0.2) is 17.7 Å². The molecule has 1 aromatic carbocycles. The molecule has 5 atom stereocenters. The molecule has 10 heteroatoms. The summed E-state index contributed by atoms with van der Waals surface area (Å²) >= 11 is 0. The first-order chi connectivity index (χ1) is 13.5. The van der Waals surface area contributed by atoms with Gasteiger partial charge in [-0.25, -0.2) is 15.0 Å². The maximum Gasteiger partial charge on any atom is 0.167 e. The first-order valence-electron chi connectivity index (χ1n) is 8.83. The van der Waals surface area contributed by atoms with Crippen molar-refractivity contribution in [1.82, 2.24) is 19.5 Å². The molecule has 0 aliphatic carbocycles. The standard InChI is InChI=1S/C18H21N5O5/c19-16-12-17(22-11(21-16)6-9-4-2-1-3-5-9)23(8-20-12)18-15(27)14(26)13(25)10(7-24)28-18/h1-5,8,10,13-15,18,24-27H,6-7H2,(H2,19,21,22)/t10-,13-,14+,15-,18?/m1/s1. The molecule has 6 N–H and O–H groups in total. The van der Waals surface area contributed by atoms with Gasteiger partial charge in [-0.2, -0.15) is 0 Å². The summed E-state index contributed by atoms with van der Waals surface area (Å²) in [6, 6.07) is 9.62. The molecule has 1 aliphatic rings. The van der Waals surface area contributed by atoms with Crippen molar-refractivity contribution in [3.05, 3.63) is 48.0 Å². The maximum atomic E-state index is 10.4. The average molecular weight is 387 g/mol. The number of anilines is 1. The Morgan fingerprint density at radius 3 is 2.50 bits per heavy atom. The van der Waals surface area contributed by atoms with Gasteiger partial charge in [0.25, 0.3) is 0 Å². The van der Waals surface area contributed by atoms with Crippen molar-refractivity contribution in [3.8, 4) is 0 Å². The Balaban J connectivity index is 1.73. The van der Waals surface area contributed by atoms with Gasteiger partial charge in [-0.3, -0.25) is 4.57 Å². The molecule has 3 aromatic rings. The Kier molecular flexibility index (Phi) is 4.96. The molecule has 3 heterocycles. The fraction of sp³-hybridized carbons (Fsp3) is 0.389. The van der Waals surface area contributed by atoms with Gasteiger partial charge in [-0.15, -0.1) is 0 Å². The van der Waals surface area contributed by atoms with E-state index >= 15 is 0 Å². The highest BCUT2D eigenvalue weighted by Gasteiger charge is 2.44. The van der Waals surface area contributed by atoms with Crippen molar-refractivity contribution in [2.45, 2.75) is 37.1 Å². The summed E-state index contributed by atoms with van der Waals surface area (Å²) in [4.78, 5) is 13.0. The summed E-state index contributed by atoms with van der Waals surface area (Å²) in [6.45, 7) is -0.523. The van der Waals surface area contributed by atoms with Crippen molar-refractivity contribution in [3.63, 3.8) is 0 Å². The smallest absolute Gasteiger partial charge is 0.167 e. The van der Waals surface area contributed by atoms with E-state index in [1.807, 2.05) is 30.3 Å². The number of hydrogen-bond acceptors (Lipinski definition) is 9. The number of rotatable bonds is 4. The SMILES string of the molecule is Nc1nc(Cc2ccccc2)nc2c1ncn2C1O[C@H](CO)[C@@H](O)[C@H](O)[C@H]1O. The lowest BCUT2D eigenvalue weighted by molar-refractivity contribution is -0.250. The number of ether oxygens (including phenoxy) is 1. The third-order valence-corrected chi connectivity index (χ3v) is 4.84. The van der Waals surface area contributed by atoms with Crippen molar-refractivity contribution in [2.24, 2.45) is 0 Å². The van der Waals surface area contributed by atoms with Crippen LogP contribution in [0.4, 0.5) is 5.82 Å². The van der Waals surface area contributed by atoms with Crippen LogP contribution in [-0.2, 0) is 11.2 Å². The molecule has 148 valence electrons. The van der Waals surface area contributed by atoms with E-state index < -0.39 is 37.3 Å². The summed E-state index contributed by atoms with van der Waals surface area (Å²) in [5.41, 5.74) is 7.68. The van der Waals surface area contributed by atoms with Gasteiger partial charge < -0.3 is 30.9 Å². The molecule has 0 amide bonds. The summed E-state index contributed by atoms with van der Waals surface area (Å²) in [6.07, 6.45) is -4.74. The second-order valence-electron chi connectivity index (χ2n) is 6.73. The Morgan fingerprint density at radius 1 is 1.04 bits per heavy atom. The molecule has 0 bridgehead atoms. The van der Waals surface area contributed by atoms with Gasteiger partial charge in [0.2, 0.25) is 0 Å². The van der Waals surface area contributed by atoms with Crippen LogP contribution >= 0.6 is 0 Å². The fourth-order valence-electron chi connectivity index (χ4n) is 3.34. The largest absolute Gasteiger partial charge is 0.394 e.